The van der Waals surface area contributed by atoms with E-state index in [-0.39, 0.29) is 12.5 Å². The lowest BCUT2D eigenvalue weighted by atomic mass is 10.1. The molecule has 0 spiro atoms. The van der Waals surface area contributed by atoms with Gasteiger partial charge in [-0.1, -0.05) is 6.92 Å². The molecular weight excluding hydrogens is 214 g/mol. The highest BCUT2D eigenvalue weighted by atomic mass is 32.1. The number of hydrogen-bond donors (Lipinski definition) is 2. The lowest BCUT2D eigenvalue weighted by molar-refractivity contribution is 0.0948. The summed E-state index contributed by atoms with van der Waals surface area (Å²) in [6.07, 6.45) is 3.23. The first-order valence-corrected chi connectivity index (χ1v) is 5.63. The number of nitrogens with one attached hydrogen (secondary N) is 1. The molecule has 1 amide bonds. The van der Waals surface area contributed by atoms with Gasteiger partial charge in [-0.15, -0.1) is 0 Å². The molecule has 0 fully saturated rings. The summed E-state index contributed by atoms with van der Waals surface area (Å²) in [5.74, 6) is 0.114. The number of aliphatic hydroxyl groups excluding tert-OH is 1. The molecule has 1 aromatic rings. The summed E-state index contributed by atoms with van der Waals surface area (Å²) in [6, 6.07) is 0. The summed E-state index contributed by atoms with van der Waals surface area (Å²) in [6.45, 7) is 2.79. The molecule has 2 N–H and O–H groups in total. The largest absolute Gasteiger partial charge is 0.396 e. The standard InChI is InChI=1S/C9H15N3O2S/c1-7(6-13)3-2-4-10-9(14)8-5-11-15-12-8/h5,7,13H,2-4,6H2,1H3,(H,10,14). The highest BCUT2D eigenvalue weighted by Gasteiger charge is 2.07. The van der Waals surface area contributed by atoms with Crippen LogP contribution in [0.4, 0.5) is 0 Å². The number of aliphatic hydroxyl groups is 1. The molecule has 0 saturated heterocycles. The van der Waals surface area contributed by atoms with Crippen molar-refractivity contribution in [3.05, 3.63) is 11.9 Å². The molecule has 6 heteroatoms. The smallest absolute Gasteiger partial charge is 0.272 e. The molecule has 15 heavy (non-hydrogen) atoms. The predicted octanol–water partition coefficient (Wildman–Crippen LogP) is 0.676. The molecule has 0 aliphatic rings. The quantitative estimate of drug-likeness (QED) is 0.703. The van der Waals surface area contributed by atoms with Crippen LogP contribution in [0, 0.1) is 5.92 Å². The van der Waals surface area contributed by atoms with Gasteiger partial charge in [-0.25, -0.2) is 0 Å². The van der Waals surface area contributed by atoms with E-state index in [2.05, 4.69) is 14.1 Å². The molecule has 0 aromatic carbocycles. The predicted molar refractivity (Wildman–Crippen MR) is 57.7 cm³/mol. The molecule has 1 unspecified atom stereocenters. The maximum absolute atomic E-state index is 11.4. The Morgan fingerprint density at radius 2 is 2.53 bits per heavy atom. The molecular formula is C9H15N3O2S. The molecule has 0 aliphatic heterocycles. The fraction of sp³-hybridized carbons (Fsp3) is 0.667. The van der Waals surface area contributed by atoms with E-state index in [1.54, 1.807) is 0 Å². The van der Waals surface area contributed by atoms with E-state index in [0.29, 0.717) is 18.2 Å². The normalized spacial score (nSPS) is 12.4. The number of amides is 1. The zero-order valence-electron chi connectivity index (χ0n) is 8.64. The van der Waals surface area contributed by atoms with Crippen LogP contribution in [0.2, 0.25) is 0 Å². The van der Waals surface area contributed by atoms with Gasteiger partial charge in [0.2, 0.25) is 0 Å². The minimum atomic E-state index is -0.180. The average Bonchev–Trinajstić information content (AvgIpc) is 2.77. The van der Waals surface area contributed by atoms with Crippen LogP contribution in [0.3, 0.4) is 0 Å². The van der Waals surface area contributed by atoms with Crippen LogP contribution in [-0.4, -0.2) is 32.9 Å². The first-order chi connectivity index (χ1) is 7.24. The van der Waals surface area contributed by atoms with E-state index >= 15 is 0 Å². The van der Waals surface area contributed by atoms with Crippen molar-refractivity contribution in [1.29, 1.82) is 0 Å². The minimum Gasteiger partial charge on any atom is -0.396 e. The zero-order valence-corrected chi connectivity index (χ0v) is 9.46. The summed E-state index contributed by atoms with van der Waals surface area (Å²) < 4.78 is 7.57. The van der Waals surface area contributed by atoms with E-state index in [0.717, 1.165) is 24.6 Å². The second-order valence-electron chi connectivity index (χ2n) is 3.48. The first kappa shape index (κ1) is 12.1. The van der Waals surface area contributed by atoms with Crippen molar-refractivity contribution < 1.29 is 9.90 Å². The third-order valence-electron chi connectivity index (χ3n) is 2.06. The number of carbonyl (C=O) groups is 1. The molecule has 0 saturated carbocycles. The Morgan fingerprint density at radius 3 is 3.13 bits per heavy atom. The summed E-state index contributed by atoms with van der Waals surface area (Å²) in [5, 5.41) is 11.5. The number of carbonyl (C=O) groups excluding carboxylic acids is 1. The van der Waals surface area contributed by atoms with Crippen LogP contribution in [0.1, 0.15) is 30.3 Å². The van der Waals surface area contributed by atoms with Crippen LogP contribution in [0.25, 0.3) is 0 Å². The number of nitrogens with zero attached hydrogens (tertiary/aromatic N) is 2. The van der Waals surface area contributed by atoms with Crippen molar-refractivity contribution in [2.45, 2.75) is 19.8 Å². The molecule has 0 bridgehead atoms. The van der Waals surface area contributed by atoms with E-state index in [1.165, 1.54) is 6.20 Å². The number of hydrogen-bond acceptors (Lipinski definition) is 5. The van der Waals surface area contributed by atoms with Gasteiger partial charge in [-0.05, 0) is 18.8 Å². The van der Waals surface area contributed by atoms with Gasteiger partial charge >= 0.3 is 0 Å². The van der Waals surface area contributed by atoms with Gasteiger partial charge in [0.05, 0.1) is 17.9 Å². The highest BCUT2D eigenvalue weighted by Crippen LogP contribution is 2.03. The van der Waals surface area contributed by atoms with Gasteiger partial charge < -0.3 is 10.4 Å². The Bertz CT molecular complexity index is 290. The Balaban J connectivity index is 2.13. The lowest BCUT2D eigenvalue weighted by Gasteiger charge is -2.07. The molecule has 1 rings (SSSR count). The van der Waals surface area contributed by atoms with Gasteiger partial charge in [0.1, 0.15) is 0 Å². The maximum Gasteiger partial charge on any atom is 0.272 e. The SMILES string of the molecule is CC(CO)CCCNC(=O)c1cnsn1. The topological polar surface area (TPSA) is 75.1 Å². The van der Waals surface area contributed by atoms with Crippen LogP contribution < -0.4 is 5.32 Å². The van der Waals surface area contributed by atoms with Crippen molar-refractivity contribution in [3.8, 4) is 0 Å². The third kappa shape index (κ3) is 4.35. The molecule has 84 valence electrons. The van der Waals surface area contributed by atoms with Crippen LogP contribution in [0.15, 0.2) is 6.20 Å². The van der Waals surface area contributed by atoms with E-state index in [1.807, 2.05) is 6.92 Å². The van der Waals surface area contributed by atoms with Crippen LogP contribution in [0.5, 0.6) is 0 Å². The molecule has 0 aliphatic carbocycles. The van der Waals surface area contributed by atoms with Crippen molar-refractivity contribution in [3.63, 3.8) is 0 Å². The molecule has 0 radical (unpaired) electrons. The Kier molecular flexibility index (Phi) is 5.20. The van der Waals surface area contributed by atoms with E-state index < -0.39 is 0 Å². The number of rotatable bonds is 6. The summed E-state index contributed by atoms with van der Waals surface area (Å²) in [5.41, 5.74) is 0.371. The van der Waals surface area contributed by atoms with Gasteiger partial charge in [0.25, 0.3) is 5.91 Å². The Morgan fingerprint density at radius 1 is 1.73 bits per heavy atom. The van der Waals surface area contributed by atoms with Crippen LogP contribution in [-0.2, 0) is 0 Å². The first-order valence-electron chi connectivity index (χ1n) is 4.90. The van der Waals surface area contributed by atoms with Gasteiger partial charge in [-0.2, -0.15) is 8.75 Å². The second-order valence-corrected chi connectivity index (χ2v) is 4.04. The molecule has 1 aromatic heterocycles. The van der Waals surface area contributed by atoms with Crippen molar-refractivity contribution in [2.75, 3.05) is 13.2 Å². The van der Waals surface area contributed by atoms with E-state index in [4.69, 9.17) is 5.11 Å². The average molecular weight is 229 g/mol. The maximum atomic E-state index is 11.4. The second kappa shape index (κ2) is 6.47. The van der Waals surface area contributed by atoms with Crippen molar-refractivity contribution in [1.82, 2.24) is 14.1 Å². The zero-order chi connectivity index (χ0) is 11.1. The Labute approximate surface area is 92.9 Å². The third-order valence-corrected chi connectivity index (χ3v) is 2.54. The van der Waals surface area contributed by atoms with Crippen molar-refractivity contribution >= 4 is 17.6 Å². The monoisotopic (exact) mass is 229 g/mol. The van der Waals surface area contributed by atoms with Gasteiger partial charge in [0.15, 0.2) is 5.69 Å². The van der Waals surface area contributed by atoms with Crippen LogP contribution >= 0.6 is 11.7 Å². The summed E-state index contributed by atoms with van der Waals surface area (Å²) in [4.78, 5) is 11.4. The summed E-state index contributed by atoms with van der Waals surface area (Å²) >= 11 is 1.02. The fourth-order valence-electron chi connectivity index (χ4n) is 1.10. The molecule has 5 nitrogen and oxygen atoms in total. The van der Waals surface area contributed by atoms with Crippen molar-refractivity contribution in [2.24, 2.45) is 5.92 Å². The summed E-state index contributed by atoms with van der Waals surface area (Å²) in [7, 11) is 0. The van der Waals surface area contributed by atoms with Gasteiger partial charge in [0, 0.05) is 13.2 Å². The molecule has 1 atom stereocenters. The number of aromatic nitrogens is 2. The van der Waals surface area contributed by atoms with Gasteiger partial charge in [-0.3, -0.25) is 4.79 Å². The highest BCUT2D eigenvalue weighted by molar-refractivity contribution is 6.99. The minimum absolute atomic E-state index is 0.180. The molecule has 1 heterocycles. The fourth-order valence-corrected chi connectivity index (χ4v) is 1.51. The van der Waals surface area contributed by atoms with E-state index in [9.17, 15) is 4.79 Å². The lowest BCUT2D eigenvalue weighted by Crippen LogP contribution is -2.25. The Hall–Kier alpha value is -1.01.